The minimum Gasteiger partial charge on any atom is -0.481 e. The lowest BCUT2D eigenvalue weighted by Crippen LogP contribution is -2.15. The van der Waals surface area contributed by atoms with Crippen LogP contribution in [0.25, 0.3) is 0 Å². The lowest BCUT2D eigenvalue weighted by Gasteiger charge is -2.09. The number of nitrogens with zero attached hydrogens (tertiary/aromatic N) is 3. The Hall–Kier alpha value is -2.90. The van der Waals surface area contributed by atoms with E-state index < -0.39 is 5.91 Å². The van der Waals surface area contributed by atoms with E-state index >= 15 is 0 Å². The molecule has 0 spiro atoms. The summed E-state index contributed by atoms with van der Waals surface area (Å²) in [6.45, 7) is 1.74. The Kier molecular flexibility index (Phi) is 4.17. The minimum atomic E-state index is -0.705. The normalized spacial score (nSPS) is 10.0. The summed E-state index contributed by atoms with van der Waals surface area (Å²) in [4.78, 5) is 23.4. The van der Waals surface area contributed by atoms with E-state index in [0.717, 1.165) is 0 Å². The highest BCUT2D eigenvalue weighted by Crippen LogP contribution is 2.25. The zero-order valence-electron chi connectivity index (χ0n) is 11.8. The van der Waals surface area contributed by atoms with Crippen molar-refractivity contribution in [2.45, 2.75) is 6.92 Å². The van der Waals surface area contributed by atoms with E-state index in [1.165, 1.54) is 20.3 Å². The van der Waals surface area contributed by atoms with Crippen LogP contribution in [0.3, 0.4) is 0 Å². The van der Waals surface area contributed by atoms with Crippen LogP contribution < -0.4 is 19.9 Å². The van der Waals surface area contributed by atoms with Crippen LogP contribution in [0, 0.1) is 6.92 Å². The number of amides is 1. The number of aromatic nitrogens is 3. The number of rotatable bonds is 5. The average Bonchev–Trinajstić information content (AvgIpc) is 2.48. The number of hydrogen-bond donors (Lipinski definition) is 1. The number of primary amides is 1. The van der Waals surface area contributed by atoms with Crippen molar-refractivity contribution in [2.75, 3.05) is 14.2 Å². The maximum absolute atomic E-state index is 11.4. The van der Waals surface area contributed by atoms with Crippen molar-refractivity contribution >= 4 is 5.91 Å². The summed E-state index contributed by atoms with van der Waals surface area (Å²) >= 11 is 0. The molecule has 8 nitrogen and oxygen atoms in total. The summed E-state index contributed by atoms with van der Waals surface area (Å²) in [6, 6.07) is 4.70. The molecule has 8 heteroatoms. The van der Waals surface area contributed by atoms with Gasteiger partial charge in [0.25, 0.3) is 5.91 Å². The first-order valence-electron chi connectivity index (χ1n) is 5.96. The van der Waals surface area contributed by atoms with E-state index in [9.17, 15) is 4.79 Å². The van der Waals surface area contributed by atoms with Crippen molar-refractivity contribution < 1.29 is 19.0 Å². The van der Waals surface area contributed by atoms with Crippen LogP contribution in [0.2, 0.25) is 0 Å². The Balaban J connectivity index is 2.40. The molecule has 2 aromatic rings. The molecule has 0 saturated carbocycles. The monoisotopic (exact) mass is 290 g/mol. The number of carbonyl (C=O) groups excluding carboxylic acids is 1. The van der Waals surface area contributed by atoms with Crippen LogP contribution in [-0.2, 0) is 0 Å². The standard InChI is InChI=1S/C13H14N4O4/c1-7-4-5-8(11(15-7)12(14)18)21-13-16-9(19-2)6-10(17-13)20-3/h4-6H,1-3H3,(H2,14,18). The zero-order valence-corrected chi connectivity index (χ0v) is 11.8. The van der Waals surface area contributed by atoms with Gasteiger partial charge >= 0.3 is 6.01 Å². The van der Waals surface area contributed by atoms with E-state index in [2.05, 4.69) is 15.0 Å². The van der Waals surface area contributed by atoms with Gasteiger partial charge in [-0.25, -0.2) is 4.98 Å². The number of pyridine rings is 1. The van der Waals surface area contributed by atoms with E-state index in [1.807, 2.05) is 0 Å². The van der Waals surface area contributed by atoms with Crippen molar-refractivity contribution in [3.8, 4) is 23.5 Å². The lowest BCUT2D eigenvalue weighted by molar-refractivity contribution is 0.0992. The van der Waals surface area contributed by atoms with Crippen molar-refractivity contribution in [3.63, 3.8) is 0 Å². The third-order valence-electron chi connectivity index (χ3n) is 2.51. The molecule has 2 heterocycles. The van der Waals surface area contributed by atoms with E-state index in [0.29, 0.717) is 5.69 Å². The molecule has 0 bridgehead atoms. The van der Waals surface area contributed by atoms with Crippen LogP contribution in [0.15, 0.2) is 18.2 Å². The van der Waals surface area contributed by atoms with Crippen LogP contribution in [-0.4, -0.2) is 35.1 Å². The van der Waals surface area contributed by atoms with Gasteiger partial charge in [0.15, 0.2) is 11.4 Å². The number of aryl methyl sites for hydroxylation is 1. The third-order valence-corrected chi connectivity index (χ3v) is 2.51. The van der Waals surface area contributed by atoms with Gasteiger partial charge in [0.1, 0.15) is 0 Å². The first-order valence-corrected chi connectivity index (χ1v) is 5.96. The Morgan fingerprint density at radius 3 is 2.24 bits per heavy atom. The molecular formula is C13H14N4O4. The van der Waals surface area contributed by atoms with Gasteiger partial charge in [-0.1, -0.05) is 0 Å². The van der Waals surface area contributed by atoms with Gasteiger partial charge in [-0.15, -0.1) is 0 Å². The van der Waals surface area contributed by atoms with Crippen molar-refractivity contribution in [1.29, 1.82) is 0 Å². The summed E-state index contributed by atoms with van der Waals surface area (Å²) in [5.74, 6) is -0.0259. The van der Waals surface area contributed by atoms with Crippen molar-refractivity contribution in [2.24, 2.45) is 5.73 Å². The molecule has 0 fully saturated rings. The lowest BCUT2D eigenvalue weighted by atomic mass is 10.3. The quantitative estimate of drug-likeness (QED) is 0.877. The molecule has 0 atom stereocenters. The van der Waals surface area contributed by atoms with Crippen LogP contribution >= 0.6 is 0 Å². The number of carbonyl (C=O) groups is 1. The van der Waals surface area contributed by atoms with Gasteiger partial charge in [-0.2, -0.15) is 9.97 Å². The fraction of sp³-hybridized carbons (Fsp3) is 0.231. The predicted octanol–water partition coefficient (Wildman–Crippen LogP) is 1.09. The van der Waals surface area contributed by atoms with E-state index in [1.54, 1.807) is 19.1 Å². The fourth-order valence-corrected chi connectivity index (χ4v) is 1.54. The predicted molar refractivity (Wildman–Crippen MR) is 72.7 cm³/mol. The summed E-state index contributed by atoms with van der Waals surface area (Å²) in [5, 5.41) is 0. The smallest absolute Gasteiger partial charge is 0.328 e. The highest BCUT2D eigenvalue weighted by atomic mass is 16.5. The van der Waals surface area contributed by atoms with Gasteiger partial charge < -0.3 is 19.9 Å². The Labute approximate surface area is 120 Å². The molecular weight excluding hydrogens is 276 g/mol. The number of methoxy groups -OCH3 is 2. The second-order valence-corrected chi connectivity index (χ2v) is 4.00. The first kappa shape index (κ1) is 14.5. The van der Waals surface area contributed by atoms with Crippen LogP contribution in [0.4, 0.5) is 0 Å². The molecule has 0 radical (unpaired) electrons. The van der Waals surface area contributed by atoms with Crippen LogP contribution in [0.1, 0.15) is 16.2 Å². The second-order valence-electron chi connectivity index (χ2n) is 4.00. The molecule has 0 unspecified atom stereocenters. The maximum Gasteiger partial charge on any atom is 0.328 e. The molecule has 2 rings (SSSR count). The van der Waals surface area contributed by atoms with E-state index in [4.69, 9.17) is 19.9 Å². The second kappa shape index (κ2) is 6.04. The Morgan fingerprint density at radius 1 is 1.10 bits per heavy atom. The summed E-state index contributed by atoms with van der Waals surface area (Å²) in [7, 11) is 2.90. The highest BCUT2D eigenvalue weighted by Gasteiger charge is 2.15. The molecule has 2 aromatic heterocycles. The molecule has 110 valence electrons. The van der Waals surface area contributed by atoms with Gasteiger partial charge in [0, 0.05) is 5.69 Å². The van der Waals surface area contributed by atoms with Gasteiger partial charge in [-0.05, 0) is 19.1 Å². The Bertz CT molecular complexity index is 653. The number of ether oxygens (including phenoxy) is 3. The molecule has 2 N–H and O–H groups in total. The third kappa shape index (κ3) is 3.35. The highest BCUT2D eigenvalue weighted by molar-refractivity contribution is 5.93. The molecule has 1 amide bonds. The van der Waals surface area contributed by atoms with Gasteiger partial charge in [-0.3, -0.25) is 4.79 Å². The maximum atomic E-state index is 11.4. The summed E-state index contributed by atoms with van der Waals surface area (Å²) in [5.41, 5.74) is 5.92. The number of hydrogen-bond acceptors (Lipinski definition) is 7. The Morgan fingerprint density at radius 2 is 1.71 bits per heavy atom. The molecule has 0 aliphatic rings. The van der Waals surface area contributed by atoms with Crippen LogP contribution in [0.5, 0.6) is 23.5 Å². The molecule has 21 heavy (non-hydrogen) atoms. The number of nitrogens with two attached hydrogens (primary N) is 1. The molecule has 0 aliphatic heterocycles. The summed E-state index contributed by atoms with van der Waals surface area (Å²) in [6.07, 6.45) is 0. The largest absolute Gasteiger partial charge is 0.481 e. The minimum absolute atomic E-state index is 0.000358. The average molecular weight is 290 g/mol. The van der Waals surface area contributed by atoms with E-state index in [-0.39, 0.29) is 29.2 Å². The fourth-order valence-electron chi connectivity index (χ4n) is 1.54. The van der Waals surface area contributed by atoms with Gasteiger partial charge in [0.2, 0.25) is 11.8 Å². The van der Waals surface area contributed by atoms with Crippen molar-refractivity contribution in [3.05, 3.63) is 29.6 Å². The zero-order chi connectivity index (χ0) is 15.4. The summed E-state index contributed by atoms with van der Waals surface area (Å²) < 4.78 is 15.5. The first-order chi connectivity index (χ1) is 10.0. The molecule has 0 aromatic carbocycles. The SMILES string of the molecule is COc1cc(OC)nc(Oc2ccc(C)nc2C(N)=O)n1. The molecule has 0 aliphatic carbocycles. The van der Waals surface area contributed by atoms with Crippen molar-refractivity contribution in [1.82, 2.24) is 15.0 Å². The van der Waals surface area contributed by atoms with Gasteiger partial charge in [0.05, 0.1) is 20.3 Å². The topological polar surface area (TPSA) is 109 Å². The molecule has 0 saturated heterocycles.